The summed E-state index contributed by atoms with van der Waals surface area (Å²) in [6.45, 7) is 10.3. The molecular weight excluding hydrogens is 314 g/mol. The smallest absolute Gasteiger partial charge is 0.0227 e. The van der Waals surface area contributed by atoms with Crippen LogP contribution >= 0.6 is 0 Å². The Bertz CT molecular complexity index is 656. The van der Waals surface area contributed by atoms with Gasteiger partial charge in [0.2, 0.25) is 0 Å². The van der Waals surface area contributed by atoms with Crippen molar-refractivity contribution in [3.8, 4) is 0 Å². The maximum atomic E-state index is 2.43. The van der Waals surface area contributed by atoms with Crippen molar-refractivity contribution in [2.75, 3.05) is 14.1 Å². The SMILES string of the molecule is CCC(C)c1cccc(C(C)CCC(C)c2ccc(CN(C)C)cc2)c1. The van der Waals surface area contributed by atoms with Gasteiger partial charge >= 0.3 is 0 Å². The fourth-order valence-corrected chi connectivity index (χ4v) is 3.56. The zero-order valence-corrected chi connectivity index (χ0v) is 17.6. The zero-order valence-electron chi connectivity index (χ0n) is 17.6. The van der Waals surface area contributed by atoms with Crippen LogP contribution in [0, 0.1) is 0 Å². The summed E-state index contributed by atoms with van der Waals surface area (Å²) in [4.78, 5) is 2.22. The van der Waals surface area contributed by atoms with Crippen molar-refractivity contribution in [3.05, 3.63) is 70.8 Å². The van der Waals surface area contributed by atoms with E-state index in [1.165, 1.54) is 41.5 Å². The van der Waals surface area contributed by atoms with E-state index in [2.05, 4.69) is 95.2 Å². The highest BCUT2D eigenvalue weighted by Crippen LogP contribution is 2.29. The van der Waals surface area contributed by atoms with Crippen LogP contribution in [0.1, 0.15) is 87.0 Å². The quantitative estimate of drug-likeness (QED) is 0.472. The van der Waals surface area contributed by atoms with Crippen LogP contribution in [-0.4, -0.2) is 19.0 Å². The van der Waals surface area contributed by atoms with Crippen molar-refractivity contribution in [1.29, 1.82) is 0 Å². The van der Waals surface area contributed by atoms with Gasteiger partial charge in [0.05, 0.1) is 0 Å². The fourth-order valence-electron chi connectivity index (χ4n) is 3.56. The average molecular weight is 352 g/mol. The largest absolute Gasteiger partial charge is 0.305 e. The first-order valence-corrected chi connectivity index (χ1v) is 10.2. The molecule has 142 valence electrons. The Labute approximate surface area is 161 Å². The van der Waals surface area contributed by atoms with E-state index in [1.54, 1.807) is 0 Å². The molecule has 0 amide bonds. The molecule has 0 aromatic heterocycles. The summed E-state index contributed by atoms with van der Waals surface area (Å²) >= 11 is 0. The predicted molar refractivity (Wildman–Crippen MR) is 115 cm³/mol. The third-order valence-electron chi connectivity index (χ3n) is 5.74. The third-order valence-corrected chi connectivity index (χ3v) is 5.74. The van der Waals surface area contributed by atoms with E-state index >= 15 is 0 Å². The molecule has 3 atom stereocenters. The van der Waals surface area contributed by atoms with E-state index in [4.69, 9.17) is 0 Å². The van der Waals surface area contributed by atoms with Crippen LogP contribution in [0.5, 0.6) is 0 Å². The minimum Gasteiger partial charge on any atom is -0.305 e. The molecule has 0 aliphatic rings. The van der Waals surface area contributed by atoms with E-state index in [1.807, 2.05) is 0 Å². The number of nitrogens with zero attached hydrogens (tertiary/aromatic N) is 1. The summed E-state index contributed by atoms with van der Waals surface area (Å²) in [6, 6.07) is 18.4. The topological polar surface area (TPSA) is 3.24 Å². The molecule has 1 nitrogen and oxygen atoms in total. The van der Waals surface area contributed by atoms with Crippen LogP contribution in [0.2, 0.25) is 0 Å². The monoisotopic (exact) mass is 351 g/mol. The van der Waals surface area contributed by atoms with Crippen molar-refractivity contribution in [3.63, 3.8) is 0 Å². The molecule has 1 heteroatoms. The lowest BCUT2D eigenvalue weighted by Gasteiger charge is -2.18. The second-order valence-corrected chi connectivity index (χ2v) is 8.34. The van der Waals surface area contributed by atoms with Gasteiger partial charge in [-0.2, -0.15) is 0 Å². The molecule has 0 saturated heterocycles. The van der Waals surface area contributed by atoms with Gasteiger partial charge in [-0.3, -0.25) is 0 Å². The number of benzene rings is 2. The van der Waals surface area contributed by atoms with Crippen molar-refractivity contribution in [2.24, 2.45) is 0 Å². The lowest BCUT2D eigenvalue weighted by molar-refractivity contribution is 0.402. The Morgan fingerprint density at radius 2 is 1.27 bits per heavy atom. The van der Waals surface area contributed by atoms with Gasteiger partial charge in [-0.25, -0.2) is 0 Å². The van der Waals surface area contributed by atoms with Crippen LogP contribution in [0.4, 0.5) is 0 Å². The van der Waals surface area contributed by atoms with Crippen molar-refractivity contribution in [1.82, 2.24) is 4.90 Å². The van der Waals surface area contributed by atoms with E-state index in [-0.39, 0.29) is 0 Å². The normalized spacial score (nSPS) is 15.0. The second-order valence-electron chi connectivity index (χ2n) is 8.34. The Balaban J connectivity index is 1.93. The van der Waals surface area contributed by atoms with Gasteiger partial charge in [-0.05, 0) is 73.4 Å². The van der Waals surface area contributed by atoms with Gasteiger partial charge in [-0.1, -0.05) is 76.2 Å². The van der Waals surface area contributed by atoms with Gasteiger partial charge < -0.3 is 4.90 Å². The summed E-state index contributed by atoms with van der Waals surface area (Å²) in [5, 5.41) is 0. The maximum absolute atomic E-state index is 2.43. The first-order valence-electron chi connectivity index (χ1n) is 10.2. The van der Waals surface area contributed by atoms with Crippen LogP contribution in [0.3, 0.4) is 0 Å². The summed E-state index contributed by atoms with van der Waals surface area (Å²) in [5.74, 6) is 1.89. The van der Waals surface area contributed by atoms with Crippen molar-refractivity contribution in [2.45, 2.75) is 71.3 Å². The first-order chi connectivity index (χ1) is 12.4. The highest BCUT2D eigenvalue weighted by atomic mass is 15.0. The van der Waals surface area contributed by atoms with E-state index in [0.717, 1.165) is 6.54 Å². The molecule has 0 radical (unpaired) electrons. The first kappa shape index (κ1) is 20.7. The Kier molecular flexibility index (Phi) is 7.90. The van der Waals surface area contributed by atoms with Crippen molar-refractivity contribution >= 4 is 0 Å². The highest BCUT2D eigenvalue weighted by Gasteiger charge is 2.12. The molecule has 26 heavy (non-hydrogen) atoms. The van der Waals surface area contributed by atoms with Gasteiger partial charge in [0.1, 0.15) is 0 Å². The Morgan fingerprint density at radius 1 is 0.731 bits per heavy atom. The van der Waals surface area contributed by atoms with Gasteiger partial charge in [0, 0.05) is 6.54 Å². The molecule has 0 aliphatic carbocycles. The molecule has 0 spiro atoms. The molecule has 0 bridgehead atoms. The van der Waals surface area contributed by atoms with Gasteiger partial charge in [0.25, 0.3) is 0 Å². The molecule has 3 unspecified atom stereocenters. The molecule has 0 fully saturated rings. The highest BCUT2D eigenvalue weighted by molar-refractivity contribution is 5.29. The zero-order chi connectivity index (χ0) is 19.1. The van der Waals surface area contributed by atoms with Crippen LogP contribution in [0.25, 0.3) is 0 Å². The Hall–Kier alpha value is -1.60. The lowest BCUT2D eigenvalue weighted by atomic mass is 9.87. The van der Waals surface area contributed by atoms with Crippen LogP contribution in [0.15, 0.2) is 48.5 Å². The molecule has 0 N–H and O–H groups in total. The molecule has 0 aliphatic heterocycles. The summed E-state index contributed by atoms with van der Waals surface area (Å²) in [7, 11) is 4.24. The molecule has 2 aromatic carbocycles. The minimum atomic E-state index is 0.614. The van der Waals surface area contributed by atoms with E-state index in [9.17, 15) is 0 Å². The lowest BCUT2D eigenvalue weighted by Crippen LogP contribution is -2.10. The molecular formula is C25H37N. The standard InChI is InChI=1S/C25H37N/c1-7-19(2)24-9-8-10-25(17-24)21(4)12-11-20(3)23-15-13-22(14-16-23)18-26(5)6/h8-10,13-17,19-21H,7,11-12,18H2,1-6H3. The molecule has 0 heterocycles. The summed E-state index contributed by atoms with van der Waals surface area (Å²) in [5.41, 5.74) is 5.84. The number of hydrogen-bond acceptors (Lipinski definition) is 1. The fraction of sp³-hybridized carbons (Fsp3) is 0.520. The van der Waals surface area contributed by atoms with Crippen LogP contribution in [-0.2, 0) is 6.54 Å². The van der Waals surface area contributed by atoms with E-state index < -0.39 is 0 Å². The number of rotatable bonds is 9. The Morgan fingerprint density at radius 3 is 1.81 bits per heavy atom. The number of hydrogen-bond donors (Lipinski definition) is 0. The van der Waals surface area contributed by atoms with Gasteiger partial charge in [0.15, 0.2) is 0 Å². The molecule has 0 saturated carbocycles. The van der Waals surface area contributed by atoms with Crippen LogP contribution < -0.4 is 0 Å². The maximum Gasteiger partial charge on any atom is 0.0227 e. The van der Waals surface area contributed by atoms with E-state index in [0.29, 0.717) is 17.8 Å². The van der Waals surface area contributed by atoms with Gasteiger partial charge in [-0.15, -0.1) is 0 Å². The second kappa shape index (κ2) is 9.92. The predicted octanol–water partition coefficient (Wildman–Crippen LogP) is 6.95. The average Bonchev–Trinajstić information content (AvgIpc) is 2.65. The summed E-state index contributed by atoms with van der Waals surface area (Å²) in [6.07, 6.45) is 3.69. The van der Waals surface area contributed by atoms with Crippen molar-refractivity contribution < 1.29 is 0 Å². The minimum absolute atomic E-state index is 0.614. The summed E-state index contributed by atoms with van der Waals surface area (Å²) < 4.78 is 0. The molecule has 2 aromatic rings. The molecule has 2 rings (SSSR count). The third kappa shape index (κ3) is 5.99.